The van der Waals surface area contributed by atoms with Gasteiger partial charge >= 0.3 is 0 Å². The maximum atomic E-state index is 6.49. The molecule has 2 rings (SSSR count). The molecule has 114 valence electrons. The molecule has 1 aliphatic carbocycles. The van der Waals surface area contributed by atoms with Gasteiger partial charge in [0.15, 0.2) is 0 Å². The average Bonchev–Trinajstić information content (AvgIpc) is 2.76. The number of thiazole rings is 1. The van der Waals surface area contributed by atoms with Gasteiger partial charge in [0.25, 0.3) is 0 Å². The van der Waals surface area contributed by atoms with Crippen molar-refractivity contribution in [2.45, 2.75) is 83.6 Å². The first-order chi connectivity index (χ1) is 9.47. The summed E-state index contributed by atoms with van der Waals surface area (Å²) in [7, 11) is 0. The van der Waals surface area contributed by atoms with Gasteiger partial charge in [0.2, 0.25) is 0 Å². The fourth-order valence-electron chi connectivity index (χ4n) is 3.03. The maximum Gasteiger partial charge on any atom is 0.0944 e. The van der Waals surface area contributed by atoms with E-state index >= 15 is 0 Å². The van der Waals surface area contributed by atoms with E-state index in [1.165, 1.54) is 55.6 Å². The first-order valence-electron chi connectivity index (χ1n) is 8.17. The average molecular weight is 295 g/mol. The van der Waals surface area contributed by atoms with Crippen molar-refractivity contribution in [3.63, 3.8) is 0 Å². The van der Waals surface area contributed by atoms with Gasteiger partial charge in [-0.15, -0.1) is 11.3 Å². The van der Waals surface area contributed by atoms with Crippen molar-refractivity contribution in [3.8, 4) is 0 Å². The SMILES string of the molecule is CC(C)(C)c1csc(CC(N)C2CCCCCCC2)n1. The zero-order valence-electron chi connectivity index (χ0n) is 13.3. The van der Waals surface area contributed by atoms with Gasteiger partial charge in [0.05, 0.1) is 10.7 Å². The summed E-state index contributed by atoms with van der Waals surface area (Å²) in [5, 5.41) is 3.43. The third-order valence-corrected chi connectivity index (χ3v) is 5.36. The van der Waals surface area contributed by atoms with E-state index in [9.17, 15) is 0 Å². The number of nitrogens with two attached hydrogens (primary N) is 1. The Hall–Kier alpha value is -0.410. The molecule has 0 radical (unpaired) electrons. The Balaban J connectivity index is 1.92. The van der Waals surface area contributed by atoms with Crippen LogP contribution in [0.4, 0.5) is 0 Å². The van der Waals surface area contributed by atoms with E-state index in [2.05, 4.69) is 26.2 Å². The molecule has 1 aliphatic rings. The normalized spacial score (nSPS) is 20.4. The molecule has 0 aromatic carbocycles. The molecule has 0 aliphatic heterocycles. The van der Waals surface area contributed by atoms with Crippen molar-refractivity contribution in [3.05, 3.63) is 16.1 Å². The quantitative estimate of drug-likeness (QED) is 0.879. The van der Waals surface area contributed by atoms with Gasteiger partial charge in [-0.2, -0.15) is 0 Å². The predicted molar refractivity (Wildman–Crippen MR) is 88.3 cm³/mol. The molecule has 20 heavy (non-hydrogen) atoms. The van der Waals surface area contributed by atoms with Gasteiger partial charge in [-0.05, 0) is 18.8 Å². The molecule has 0 bridgehead atoms. The van der Waals surface area contributed by atoms with Crippen LogP contribution < -0.4 is 5.73 Å². The summed E-state index contributed by atoms with van der Waals surface area (Å²) in [5.41, 5.74) is 7.85. The molecule has 0 spiro atoms. The lowest BCUT2D eigenvalue weighted by atomic mass is 9.85. The van der Waals surface area contributed by atoms with E-state index in [0.29, 0.717) is 12.0 Å². The summed E-state index contributed by atoms with van der Waals surface area (Å²) in [5.74, 6) is 0.706. The zero-order chi connectivity index (χ0) is 14.6. The first kappa shape index (κ1) is 16.0. The Kier molecular flexibility index (Phi) is 5.62. The van der Waals surface area contributed by atoms with Gasteiger partial charge in [-0.1, -0.05) is 52.9 Å². The molecule has 1 aromatic heterocycles. The third kappa shape index (κ3) is 4.56. The van der Waals surface area contributed by atoms with Gasteiger partial charge < -0.3 is 5.73 Å². The monoisotopic (exact) mass is 294 g/mol. The topological polar surface area (TPSA) is 38.9 Å². The number of hydrogen-bond donors (Lipinski definition) is 1. The fourth-order valence-corrected chi connectivity index (χ4v) is 4.13. The highest BCUT2D eigenvalue weighted by Gasteiger charge is 2.22. The smallest absolute Gasteiger partial charge is 0.0944 e. The second kappa shape index (κ2) is 7.04. The van der Waals surface area contributed by atoms with Crippen LogP contribution in [0.1, 0.15) is 76.4 Å². The van der Waals surface area contributed by atoms with Crippen LogP contribution >= 0.6 is 11.3 Å². The van der Waals surface area contributed by atoms with Crippen LogP contribution in [-0.2, 0) is 11.8 Å². The molecule has 2 N–H and O–H groups in total. The Labute approximate surface area is 128 Å². The molecule has 0 amide bonds. The van der Waals surface area contributed by atoms with Crippen molar-refractivity contribution in [1.82, 2.24) is 4.98 Å². The molecule has 1 atom stereocenters. The second-order valence-corrected chi connectivity index (χ2v) is 8.29. The summed E-state index contributed by atoms with van der Waals surface area (Å²) in [4.78, 5) is 4.80. The highest BCUT2D eigenvalue weighted by Crippen LogP contribution is 2.28. The Morgan fingerprint density at radius 2 is 1.80 bits per heavy atom. The third-order valence-electron chi connectivity index (χ3n) is 4.49. The summed E-state index contributed by atoms with van der Waals surface area (Å²) < 4.78 is 0. The lowest BCUT2D eigenvalue weighted by molar-refractivity contribution is 0.321. The molecule has 1 saturated carbocycles. The van der Waals surface area contributed by atoms with Gasteiger partial charge in [0.1, 0.15) is 0 Å². The molecule has 3 heteroatoms. The summed E-state index contributed by atoms with van der Waals surface area (Å²) in [6.07, 6.45) is 10.5. The number of hydrogen-bond acceptors (Lipinski definition) is 3. The number of nitrogens with zero attached hydrogens (tertiary/aromatic N) is 1. The maximum absolute atomic E-state index is 6.49. The largest absolute Gasteiger partial charge is 0.327 e. The predicted octanol–water partition coefficient (Wildman–Crippen LogP) is 4.67. The molecule has 2 nitrogen and oxygen atoms in total. The highest BCUT2D eigenvalue weighted by atomic mass is 32.1. The van der Waals surface area contributed by atoms with E-state index < -0.39 is 0 Å². The van der Waals surface area contributed by atoms with Crippen molar-refractivity contribution in [1.29, 1.82) is 0 Å². The van der Waals surface area contributed by atoms with Crippen LogP contribution in [-0.4, -0.2) is 11.0 Å². The molecule has 1 heterocycles. The van der Waals surface area contributed by atoms with Crippen LogP contribution in [0.2, 0.25) is 0 Å². The van der Waals surface area contributed by atoms with E-state index in [-0.39, 0.29) is 5.41 Å². The van der Waals surface area contributed by atoms with Crippen LogP contribution in [0, 0.1) is 5.92 Å². The molecular formula is C17H30N2S. The summed E-state index contributed by atoms with van der Waals surface area (Å²) >= 11 is 1.79. The van der Waals surface area contributed by atoms with Crippen LogP contribution in [0.25, 0.3) is 0 Å². The van der Waals surface area contributed by atoms with Gasteiger partial charge in [-0.25, -0.2) is 4.98 Å². The second-order valence-electron chi connectivity index (χ2n) is 7.35. The van der Waals surface area contributed by atoms with E-state index in [1.54, 1.807) is 11.3 Å². The minimum Gasteiger partial charge on any atom is -0.327 e. The zero-order valence-corrected chi connectivity index (χ0v) is 14.1. The van der Waals surface area contributed by atoms with Crippen molar-refractivity contribution < 1.29 is 0 Å². The van der Waals surface area contributed by atoms with Gasteiger partial charge in [-0.3, -0.25) is 0 Å². The number of rotatable bonds is 3. The lowest BCUT2D eigenvalue weighted by Crippen LogP contribution is -2.32. The van der Waals surface area contributed by atoms with Crippen LogP contribution in [0.15, 0.2) is 5.38 Å². The van der Waals surface area contributed by atoms with Crippen LogP contribution in [0.3, 0.4) is 0 Å². The molecule has 0 saturated heterocycles. The molecular weight excluding hydrogens is 264 g/mol. The van der Waals surface area contributed by atoms with Crippen molar-refractivity contribution >= 4 is 11.3 Å². The van der Waals surface area contributed by atoms with E-state index in [4.69, 9.17) is 10.7 Å². The Morgan fingerprint density at radius 1 is 1.20 bits per heavy atom. The van der Waals surface area contributed by atoms with Crippen molar-refractivity contribution in [2.24, 2.45) is 11.7 Å². The molecule has 1 unspecified atom stereocenters. The minimum absolute atomic E-state index is 0.152. The Bertz CT molecular complexity index is 397. The van der Waals surface area contributed by atoms with Crippen LogP contribution in [0.5, 0.6) is 0 Å². The van der Waals surface area contributed by atoms with E-state index in [0.717, 1.165) is 6.42 Å². The standard InChI is InChI=1S/C17H30N2S/c1-17(2,3)15-12-20-16(19-15)11-14(18)13-9-7-5-4-6-8-10-13/h12-14H,4-11,18H2,1-3H3. The first-order valence-corrected chi connectivity index (χ1v) is 9.05. The Morgan fingerprint density at radius 3 is 2.35 bits per heavy atom. The summed E-state index contributed by atoms with van der Waals surface area (Å²) in [6, 6.07) is 0.298. The van der Waals surface area contributed by atoms with Crippen molar-refractivity contribution in [2.75, 3.05) is 0 Å². The molecule has 1 fully saturated rings. The fraction of sp³-hybridized carbons (Fsp3) is 0.824. The number of aromatic nitrogens is 1. The molecule has 1 aromatic rings. The lowest BCUT2D eigenvalue weighted by Gasteiger charge is -2.25. The van der Waals surface area contributed by atoms with E-state index in [1.807, 2.05) is 0 Å². The highest BCUT2D eigenvalue weighted by molar-refractivity contribution is 7.09. The minimum atomic E-state index is 0.152. The summed E-state index contributed by atoms with van der Waals surface area (Å²) in [6.45, 7) is 6.67. The van der Waals surface area contributed by atoms with Gasteiger partial charge in [0, 0.05) is 23.3 Å².